The van der Waals surface area contributed by atoms with Crippen LogP contribution in [0.4, 0.5) is 0 Å². The number of ether oxygens (including phenoxy) is 1. The molecule has 1 atom stereocenters. The molecule has 0 spiro atoms. The fourth-order valence-corrected chi connectivity index (χ4v) is 3.52. The summed E-state index contributed by atoms with van der Waals surface area (Å²) in [6.45, 7) is 0.552. The standard InChI is InChI=1S/C27H30N6O4.ClH/c1-37-27(36)21-11-9-19(10-12-21)24(32-16-18-5-7-20(8-6-18)25(28)29)26(35)33-17-23(34)31-15-13-22-4-2-3-14-30-22;/h2-12,14,24,32H,13,15-17H2,1H3,(H3,28,29)(H,31,34)(H,33,35);1H. The Morgan fingerprint density at radius 1 is 0.974 bits per heavy atom. The van der Waals surface area contributed by atoms with E-state index in [1.165, 1.54) is 7.11 Å². The number of rotatable bonds is 12. The minimum absolute atomic E-state index is 0. The van der Waals surface area contributed by atoms with Gasteiger partial charge in [-0.2, -0.15) is 0 Å². The van der Waals surface area contributed by atoms with Crippen molar-refractivity contribution in [3.63, 3.8) is 0 Å². The molecule has 10 nitrogen and oxygen atoms in total. The lowest BCUT2D eigenvalue weighted by atomic mass is 10.0. The summed E-state index contributed by atoms with van der Waals surface area (Å²) in [5.41, 5.74) is 8.82. The fraction of sp³-hybridized carbons (Fsp3) is 0.222. The number of nitrogens with zero attached hydrogens (tertiary/aromatic N) is 1. The van der Waals surface area contributed by atoms with Gasteiger partial charge in [0.05, 0.1) is 19.2 Å². The minimum Gasteiger partial charge on any atom is -0.465 e. The molecule has 3 rings (SSSR count). The third-order valence-corrected chi connectivity index (χ3v) is 5.56. The van der Waals surface area contributed by atoms with Crippen molar-refractivity contribution in [2.24, 2.45) is 5.73 Å². The molecule has 2 aromatic carbocycles. The number of halogens is 1. The number of amides is 2. The molecular weight excluding hydrogens is 508 g/mol. The number of hydrogen-bond acceptors (Lipinski definition) is 7. The molecule has 1 unspecified atom stereocenters. The SMILES string of the molecule is COC(=O)c1ccc(C(NCc2ccc(C(=N)N)cc2)C(=O)NCC(=O)NCCc2ccccn2)cc1.Cl. The van der Waals surface area contributed by atoms with E-state index >= 15 is 0 Å². The first-order chi connectivity index (χ1) is 17.9. The van der Waals surface area contributed by atoms with Crippen LogP contribution in [0.5, 0.6) is 0 Å². The lowest BCUT2D eigenvalue weighted by Gasteiger charge is -2.19. The molecule has 38 heavy (non-hydrogen) atoms. The monoisotopic (exact) mass is 538 g/mol. The number of aromatic nitrogens is 1. The topological polar surface area (TPSA) is 159 Å². The summed E-state index contributed by atoms with van der Waals surface area (Å²) >= 11 is 0. The van der Waals surface area contributed by atoms with Crippen LogP contribution in [0, 0.1) is 5.41 Å². The average molecular weight is 539 g/mol. The molecule has 200 valence electrons. The summed E-state index contributed by atoms with van der Waals surface area (Å²) < 4.78 is 4.73. The molecule has 0 aliphatic heterocycles. The van der Waals surface area contributed by atoms with E-state index in [1.54, 1.807) is 42.6 Å². The van der Waals surface area contributed by atoms with Gasteiger partial charge < -0.3 is 21.1 Å². The molecule has 0 radical (unpaired) electrons. The summed E-state index contributed by atoms with van der Waals surface area (Å²) in [4.78, 5) is 41.3. The molecule has 1 aromatic heterocycles. The van der Waals surface area contributed by atoms with Crippen LogP contribution in [0.25, 0.3) is 0 Å². The number of methoxy groups -OCH3 is 1. The molecule has 11 heteroatoms. The Hall–Kier alpha value is -4.28. The average Bonchev–Trinajstić information content (AvgIpc) is 2.92. The number of esters is 1. The Morgan fingerprint density at radius 2 is 1.66 bits per heavy atom. The van der Waals surface area contributed by atoms with Crippen LogP contribution in [-0.4, -0.2) is 48.8 Å². The van der Waals surface area contributed by atoms with Gasteiger partial charge in [0.1, 0.15) is 11.9 Å². The summed E-state index contributed by atoms with van der Waals surface area (Å²) in [5.74, 6) is -1.22. The molecular formula is C27H31ClN6O4. The van der Waals surface area contributed by atoms with Crippen molar-refractivity contribution in [3.8, 4) is 0 Å². The van der Waals surface area contributed by atoms with Gasteiger partial charge >= 0.3 is 5.97 Å². The van der Waals surface area contributed by atoms with Crippen molar-refractivity contribution >= 4 is 36.0 Å². The molecule has 2 amide bonds. The molecule has 1 heterocycles. The van der Waals surface area contributed by atoms with E-state index in [1.807, 2.05) is 30.3 Å². The Bertz CT molecular complexity index is 1220. The lowest BCUT2D eigenvalue weighted by molar-refractivity contribution is -0.127. The molecule has 0 saturated heterocycles. The number of nitrogens with one attached hydrogen (secondary N) is 4. The maximum Gasteiger partial charge on any atom is 0.337 e. The number of pyridine rings is 1. The highest BCUT2D eigenvalue weighted by molar-refractivity contribution is 5.95. The van der Waals surface area contributed by atoms with Crippen molar-refractivity contribution in [2.75, 3.05) is 20.2 Å². The van der Waals surface area contributed by atoms with Crippen LogP contribution in [-0.2, 0) is 27.3 Å². The van der Waals surface area contributed by atoms with E-state index in [9.17, 15) is 14.4 Å². The molecule has 0 saturated carbocycles. The third-order valence-electron chi connectivity index (χ3n) is 5.56. The van der Waals surface area contributed by atoms with Gasteiger partial charge in [0.2, 0.25) is 11.8 Å². The van der Waals surface area contributed by atoms with Crippen LogP contribution in [0.2, 0.25) is 0 Å². The second-order valence-electron chi connectivity index (χ2n) is 8.18. The van der Waals surface area contributed by atoms with Crippen molar-refractivity contribution in [1.29, 1.82) is 5.41 Å². The van der Waals surface area contributed by atoms with Crippen molar-refractivity contribution in [1.82, 2.24) is 20.9 Å². The zero-order chi connectivity index (χ0) is 26.6. The molecule has 0 fully saturated rings. The van der Waals surface area contributed by atoms with Crippen LogP contribution in [0.3, 0.4) is 0 Å². The van der Waals surface area contributed by atoms with Gasteiger partial charge in [-0.05, 0) is 35.4 Å². The zero-order valence-corrected chi connectivity index (χ0v) is 21.7. The number of benzene rings is 2. The summed E-state index contributed by atoms with van der Waals surface area (Å²) in [6.07, 6.45) is 2.28. The summed E-state index contributed by atoms with van der Waals surface area (Å²) in [6, 6.07) is 18.4. The number of hydrogen-bond donors (Lipinski definition) is 5. The van der Waals surface area contributed by atoms with Crippen LogP contribution in [0.15, 0.2) is 72.9 Å². The predicted molar refractivity (Wildman–Crippen MR) is 146 cm³/mol. The number of carbonyl (C=O) groups is 3. The van der Waals surface area contributed by atoms with Gasteiger partial charge in [-0.15, -0.1) is 12.4 Å². The predicted octanol–water partition coefficient (Wildman–Crippen LogP) is 1.88. The number of nitrogen functional groups attached to an aromatic ring is 1. The molecule has 0 aliphatic carbocycles. The first-order valence-corrected chi connectivity index (χ1v) is 11.7. The van der Waals surface area contributed by atoms with Gasteiger partial charge in [-0.1, -0.05) is 42.5 Å². The minimum atomic E-state index is -0.791. The fourth-order valence-electron chi connectivity index (χ4n) is 3.52. The van der Waals surface area contributed by atoms with Crippen molar-refractivity contribution in [3.05, 3.63) is 101 Å². The van der Waals surface area contributed by atoms with Crippen LogP contribution in [0.1, 0.15) is 38.8 Å². The van der Waals surface area contributed by atoms with E-state index < -0.39 is 17.9 Å². The number of carbonyl (C=O) groups excluding carboxylic acids is 3. The van der Waals surface area contributed by atoms with E-state index in [0.717, 1.165) is 11.3 Å². The van der Waals surface area contributed by atoms with Gasteiger partial charge in [-0.3, -0.25) is 25.3 Å². The van der Waals surface area contributed by atoms with Crippen molar-refractivity contribution in [2.45, 2.75) is 19.0 Å². The first-order valence-electron chi connectivity index (χ1n) is 11.7. The highest BCUT2D eigenvalue weighted by Crippen LogP contribution is 2.16. The normalized spacial score (nSPS) is 11.0. The first kappa shape index (κ1) is 29.9. The Labute approximate surface area is 227 Å². The molecule has 0 aliphatic rings. The van der Waals surface area contributed by atoms with Gasteiger partial charge in [0, 0.05) is 37.0 Å². The van der Waals surface area contributed by atoms with Gasteiger partial charge in [0.15, 0.2) is 0 Å². The second-order valence-corrected chi connectivity index (χ2v) is 8.18. The zero-order valence-electron chi connectivity index (χ0n) is 20.9. The summed E-state index contributed by atoms with van der Waals surface area (Å²) in [7, 11) is 1.30. The smallest absolute Gasteiger partial charge is 0.337 e. The van der Waals surface area contributed by atoms with Crippen molar-refractivity contribution < 1.29 is 19.1 Å². The maximum absolute atomic E-state index is 13.1. The van der Waals surface area contributed by atoms with Crippen LogP contribution < -0.4 is 21.7 Å². The quantitative estimate of drug-likeness (QED) is 0.134. The lowest BCUT2D eigenvalue weighted by Crippen LogP contribution is -2.42. The van der Waals surface area contributed by atoms with Gasteiger partial charge in [-0.25, -0.2) is 4.79 Å². The Balaban J connectivity index is 0.00000507. The van der Waals surface area contributed by atoms with E-state index in [4.69, 9.17) is 15.9 Å². The molecule has 6 N–H and O–H groups in total. The summed E-state index contributed by atoms with van der Waals surface area (Å²) in [5, 5.41) is 16.2. The number of nitrogens with two attached hydrogens (primary N) is 1. The Kier molecular flexibility index (Phi) is 11.9. The Morgan fingerprint density at radius 3 is 2.26 bits per heavy atom. The maximum atomic E-state index is 13.1. The van der Waals surface area contributed by atoms with Crippen LogP contribution >= 0.6 is 12.4 Å². The van der Waals surface area contributed by atoms with E-state index in [2.05, 4.69) is 20.9 Å². The highest BCUT2D eigenvalue weighted by atomic mass is 35.5. The van der Waals surface area contributed by atoms with E-state index in [0.29, 0.717) is 36.2 Å². The largest absolute Gasteiger partial charge is 0.465 e. The second kappa shape index (κ2) is 15.1. The van der Waals surface area contributed by atoms with Gasteiger partial charge in [0.25, 0.3) is 0 Å². The molecule has 3 aromatic rings. The molecule has 0 bridgehead atoms. The third kappa shape index (κ3) is 8.99. The number of amidine groups is 1. The van der Waals surface area contributed by atoms with E-state index in [-0.39, 0.29) is 30.7 Å². The highest BCUT2D eigenvalue weighted by Gasteiger charge is 2.21.